The molecule has 2 aromatic rings. The van der Waals surface area contributed by atoms with Crippen molar-refractivity contribution in [3.05, 3.63) is 64.4 Å². The number of nitrogens with one attached hydrogen (secondary N) is 2. The number of halogens is 2. The molecule has 8 nitrogen and oxygen atoms in total. The summed E-state index contributed by atoms with van der Waals surface area (Å²) >= 11 is 6.16. The molecule has 1 unspecified atom stereocenters. The van der Waals surface area contributed by atoms with E-state index in [1.165, 1.54) is 6.07 Å². The number of rotatable bonds is 9. The fourth-order valence-corrected chi connectivity index (χ4v) is 8.94. The molecule has 1 amide bonds. The number of benzene rings is 2. The van der Waals surface area contributed by atoms with Crippen LogP contribution in [0, 0.1) is 11.7 Å². The third-order valence-electron chi connectivity index (χ3n) is 9.37. The number of hydrogen-bond acceptors (Lipinski definition) is 6. The highest BCUT2D eigenvalue weighted by atomic mass is 35.5. The maximum absolute atomic E-state index is 15.2. The molecule has 2 aliphatic heterocycles. The summed E-state index contributed by atoms with van der Waals surface area (Å²) in [6.45, 7) is 0.972. The number of methoxy groups -OCH3 is 1. The van der Waals surface area contributed by atoms with Crippen molar-refractivity contribution in [2.24, 2.45) is 11.7 Å². The first-order valence-corrected chi connectivity index (χ1v) is 17.0. The Kier molecular flexibility index (Phi) is 10.2. The Bertz CT molecular complexity index is 1340. The van der Waals surface area contributed by atoms with Crippen molar-refractivity contribution in [2.75, 3.05) is 31.3 Å². The zero-order valence-corrected chi connectivity index (χ0v) is 25.7. The van der Waals surface area contributed by atoms with Crippen LogP contribution in [0.3, 0.4) is 0 Å². The first kappa shape index (κ1) is 31.3. The SMILES string of the molecule is COC1CCC([C@H](c2ccc(Cl)cc2)[C@H](N)C(=O)Nc2cccc(F)c2CC[C@H]2CN[C@@H]3CCCS(=O)(=O)N2C3)CC1. The van der Waals surface area contributed by atoms with Gasteiger partial charge in [-0.3, -0.25) is 4.79 Å². The molecule has 11 heteroatoms. The highest BCUT2D eigenvalue weighted by Crippen LogP contribution is 2.39. The Morgan fingerprint density at radius 1 is 1.17 bits per heavy atom. The summed E-state index contributed by atoms with van der Waals surface area (Å²) in [5.41, 5.74) is 8.38. The number of ether oxygens (including phenoxy) is 1. The Labute approximate surface area is 253 Å². The Hall–Kier alpha value is -2.08. The molecular formula is C31H42ClFN4O4S. The number of fused-ring (bicyclic) bond motifs is 2. The molecule has 2 aromatic carbocycles. The lowest BCUT2D eigenvalue weighted by Crippen LogP contribution is -2.57. The summed E-state index contributed by atoms with van der Waals surface area (Å²) < 4.78 is 48.1. The highest BCUT2D eigenvalue weighted by Gasteiger charge is 2.39. The smallest absolute Gasteiger partial charge is 0.241 e. The molecule has 2 bridgehead atoms. The minimum absolute atomic E-state index is 0.141. The number of anilines is 1. The summed E-state index contributed by atoms with van der Waals surface area (Å²) in [4.78, 5) is 13.7. The molecule has 0 aromatic heterocycles. The number of amides is 1. The predicted octanol–water partition coefficient (Wildman–Crippen LogP) is 4.43. The van der Waals surface area contributed by atoms with E-state index < -0.39 is 21.9 Å². The summed E-state index contributed by atoms with van der Waals surface area (Å²) in [7, 11) is -1.63. The molecule has 5 atom stereocenters. The summed E-state index contributed by atoms with van der Waals surface area (Å²) in [6, 6.07) is 11.1. The number of carbonyl (C=O) groups excluding carboxylic acids is 1. The van der Waals surface area contributed by atoms with E-state index in [0.717, 1.165) is 37.7 Å². The van der Waals surface area contributed by atoms with Crippen molar-refractivity contribution in [1.29, 1.82) is 0 Å². The van der Waals surface area contributed by atoms with Gasteiger partial charge in [0.05, 0.1) is 17.9 Å². The van der Waals surface area contributed by atoms with Crippen LogP contribution in [0.2, 0.25) is 5.02 Å². The van der Waals surface area contributed by atoms with Gasteiger partial charge in [-0.15, -0.1) is 0 Å². The lowest BCUT2D eigenvalue weighted by Gasteiger charge is -2.37. The zero-order valence-electron chi connectivity index (χ0n) is 24.1. The lowest BCUT2D eigenvalue weighted by molar-refractivity contribution is -0.118. The summed E-state index contributed by atoms with van der Waals surface area (Å²) in [5, 5.41) is 7.00. The van der Waals surface area contributed by atoms with Gasteiger partial charge in [0.2, 0.25) is 15.9 Å². The van der Waals surface area contributed by atoms with Crippen molar-refractivity contribution in [2.45, 2.75) is 81.5 Å². The predicted molar refractivity (Wildman–Crippen MR) is 164 cm³/mol. The average molecular weight is 621 g/mol. The van der Waals surface area contributed by atoms with E-state index in [4.69, 9.17) is 22.1 Å². The fraction of sp³-hybridized carbons (Fsp3) is 0.581. The standard InChI is InChI=1S/C31H42ClFN4O4S/c1-41-25-14-9-21(10-15-25)29(20-7-11-22(32)12-8-20)30(34)31(38)36-28-6-2-5-27(33)26(28)16-13-24-18-35-23-4-3-17-42(39,40)37(24)19-23/h2,5-8,11-12,21,23-25,29-30,35H,3-4,9-10,13-19,34H2,1H3,(H,36,38)/t21?,23-,24+,25?,29+,30+/m1/s1. The molecule has 42 heavy (non-hydrogen) atoms. The van der Waals surface area contributed by atoms with E-state index in [9.17, 15) is 13.2 Å². The topological polar surface area (TPSA) is 114 Å². The molecular weight excluding hydrogens is 579 g/mol. The second kappa shape index (κ2) is 13.7. The minimum Gasteiger partial charge on any atom is -0.381 e. The van der Waals surface area contributed by atoms with Gasteiger partial charge < -0.3 is 21.1 Å². The maximum Gasteiger partial charge on any atom is 0.241 e. The van der Waals surface area contributed by atoms with Crippen molar-refractivity contribution in [1.82, 2.24) is 9.62 Å². The first-order valence-electron chi connectivity index (χ1n) is 15.0. The number of nitrogens with zero attached hydrogens (tertiary/aromatic N) is 1. The van der Waals surface area contributed by atoms with Crippen LogP contribution >= 0.6 is 11.6 Å². The van der Waals surface area contributed by atoms with E-state index in [1.807, 2.05) is 24.3 Å². The average Bonchev–Trinajstić information content (AvgIpc) is 3.10. The van der Waals surface area contributed by atoms with Gasteiger partial charge in [0.15, 0.2) is 0 Å². The van der Waals surface area contributed by atoms with Gasteiger partial charge in [-0.1, -0.05) is 29.8 Å². The van der Waals surface area contributed by atoms with Gasteiger partial charge in [-0.2, -0.15) is 4.31 Å². The highest BCUT2D eigenvalue weighted by molar-refractivity contribution is 7.89. The maximum atomic E-state index is 15.2. The van der Waals surface area contributed by atoms with Crippen molar-refractivity contribution in [3.8, 4) is 0 Å². The molecule has 4 N–H and O–H groups in total. The quantitative estimate of drug-likeness (QED) is 0.382. The van der Waals surface area contributed by atoms with Crippen LogP contribution in [0.4, 0.5) is 10.1 Å². The van der Waals surface area contributed by atoms with Crippen LogP contribution in [0.25, 0.3) is 0 Å². The second-order valence-electron chi connectivity index (χ2n) is 12.0. The van der Waals surface area contributed by atoms with E-state index in [2.05, 4.69) is 10.6 Å². The van der Waals surface area contributed by atoms with Crippen LogP contribution < -0.4 is 16.4 Å². The molecule has 0 spiro atoms. The van der Waals surface area contributed by atoms with E-state index in [-0.39, 0.29) is 48.1 Å². The van der Waals surface area contributed by atoms with E-state index in [0.29, 0.717) is 42.2 Å². The number of nitrogens with two attached hydrogens (primary N) is 1. The molecule has 230 valence electrons. The lowest BCUT2D eigenvalue weighted by atomic mass is 9.72. The van der Waals surface area contributed by atoms with Crippen molar-refractivity contribution in [3.63, 3.8) is 0 Å². The second-order valence-corrected chi connectivity index (χ2v) is 14.4. The third kappa shape index (κ3) is 7.17. The van der Waals surface area contributed by atoms with Gasteiger partial charge in [-0.25, -0.2) is 12.8 Å². The van der Waals surface area contributed by atoms with Crippen LogP contribution in [-0.4, -0.2) is 68.8 Å². The summed E-state index contributed by atoms with van der Waals surface area (Å²) in [5.74, 6) is -0.737. The molecule has 1 aliphatic carbocycles. The molecule has 0 radical (unpaired) electrons. The number of piperazine rings is 1. The van der Waals surface area contributed by atoms with Gasteiger partial charge in [-0.05, 0) is 87.1 Å². The Morgan fingerprint density at radius 3 is 2.62 bits per heavy atom. The van der Waals surface area contributed by atoms with Gasteiger partial charge in [0, 0.05) is 54.5 Å². The van der Waals surface area contributed by atoms with Gasteiger partial charge >= 0.3 is 0 Å². The molecule has 1 saturated carbocycles. The van der Waals surface area contributed by atoms with Crippen LogP contribution in [0.15, 0.2) is 42.5 Å². The fourth-order valence-electron chi connectivity index (χ4n) is 7.01. The van der Waals surface area contributed by atoms with Gasteiger partial charge in [0.1, 0.15) is 5.82 Å². The largest absolute Gasteiger partial charge is 0.381 e. The van der Waals surface area contributed by atoms with Crippen LogP contribution in [-0.2, 0) is 26.0 Å². The molecule has 2 saturated heterocycles. The van der Waals surface area contributed by atoms with Crippen molar-refractivity contribution >= 4 is 33.2 Å². The number of hydrogen-bond donors (Lipinski definition) is 3. The Balaban J connectivity index is 1.32. The third-order valence-corrected chi connectivity index (χ3v) is 11.6. The zero-order chi connectivity index (χ0) is 29.9. The minimum atomic E-state index is -3.35. The van der Waals surface area contributed by atoms with Crippen LogP contribution in [0.1, 0.15) is 62.0 Å². The molecule has 3 fully saturated rings. The molecule has 3 aliphatic rings. The van der Waals surface area contributed by atoms with Crippen molar-refractivity contribution < 1.29 is 22.3 Å². The van der Waals surface area contributed by atoms with E-state index >= 15 is 4.39 Å². The molecule has 2 heterocycles. The number of sulfonamides is 1. The molecule has 5 rings (SSSR count). The summed E-state index contributed by atoms with van der Waals surface area (Å²) in [6.07, 6.45) is 5.96. The monoisotopic (exact) mass is 620 g/mol. The Morgan fingerprint density at radius 2 is 1.90 bits per heavy atom. The normalized spacial score (nSPS) is 28.8. The van der Waals surface area contributed by atoms with E-state index in [1.54, 1.807) is 23.5 Å². The van der Waals surface area contributed by atoms with Crippen LogP contribution in [0.5, 0.6) is 0 Å². The first-order chi connectivity index (χ1) is 20.2. The number of carbonyl (C=O) groups is 1. The van der Waals surface area contributed by atoms with Gasteiger partial charge in [0.25, 0.3) is 0 Å².